The largest absolute Gasteiger partial charge is 0.507 e. The second-order valence-corrected chi connectivity index (χ2v) is 10.4. The fraction of sp³-hybridized carbons (Fsp3) is 0.143. The number of anilines is 1. The topological polar surface area (TPSA) is 92.6 Å². The maximum atomic E-state index is 14.0. The van der Waals surface area contributed by atoms with E-state index in [-0.39, 0.29) is 22.3 Å². The number of aromatic nitrogens is 2. The van der Waals surface area contributed by atoms with Gasteiger partial charge in [-0.3, -0.25) is 14.5 Å². The summed E-state index contributed by atoms with van der Waals surface area (Å²) in [5.41, 5.74) is 1.49. The standard InChI is InChI=1S/C28H22FN3O4S2/c1-2-36-20-14-12-17(13-15-20)23-22(24(33)18-8-4-3-5-9-18)25(34)26(35)32(23)27-30-31-28(38-27)37-16-19-10-6-7-11-21(19)29/h3-15,23,33H,2,16H2,1H3/b24-22-. The number of amides is 1. The fourth-order valence-electron chi connectivity index (χ4n) is 4.12. The normalized spacial score (nSPS) is 16.7. The summed E-state index contributed by atoms with van der Waals surface area (Å²) in [5, 5.41) is 19.7. The van der Waals surface area contributed by atoms with Gasteiger partial charge in [0.2, 0.25) is 5.13 Å². The highest BCUT2D eigenvalue weighted by atomic mass is 32.2. The van der Waals surface area contributed by atoms with Crippen LogP contribution in [-0.2, 0) is 15.3 Å². The number of carbonyl (C=O) groups is 2. The molecule has 1 fully saturated rings. The van der Waals surface area contributed by atoms with Gasteiger partial charge in [0.05, 0.1) is 18.2 Å². The number of nitrogens with zero attached hydrogens (tertiary/aromatic N) is 3. The van der Waals surface area contributed by atoms with E-state index >= 15 is 0 Å². The number of ketones is 1. The van der Waals surface area contributed by atoms with Crippen LogP contribution in [0, 0.1) is 5.82 Å². The molecule has 192 valence electrons. The Hall–Kier alpha value is -4.02. The molecule has 10 heteroatoms. The van der Waals surface area contributed by atoms with Crippen molar-refractivity contribution >= 4 is 45.7 Å². The van der Waals surface area contributed by atoms with E-state index in [9.17, 15) is 19.1 Å². The molecule has 1 aliphatic heterocycles. The maximum absolute atomic E-state index is 14.0. The third-order valence-corrected chi connectivity index (χ3v) is 8.01. The smallest absolute Gasteiger partial charge is 0.301 e. The zero-order chi connectivity index (χ0) is 26.6. The third kappa shape index (κ3) is 5.05. The van der Waals surface area contributed by atoms with Gasteiger partial charge in [0.15, 0.2) is 4.34 Å². The van der Waals surface area contributed by atoms with Crippen molar-refractivity contribution in [2.75, 3.05) is 11.5 Å². The first-order valence-corrected chi connectivity index (χ1v) is 13.6. The first-order chi connectivity index (χ1) is 18.5. The van der Waals surface area contributed by atoms with Gasteiger partial charge in [-0.15, -0.1) is 10.2 Å². The van der Waals surface area contributed by atoms with Gasteiger partial charge in [0.1, 0.15) is 17.3 Å². The zero-order valence-electron chi connectivity index (χ0n) is 20.2. The van der Waals surface area contributed by atoms with Crippen LogP contribution in [0.3, 0.4) is 0 Å². The number of benzene rings is 3. The van der Waals surface area contributed by atoms with E-state index in [1.165, 1.54) is 22.7 Å². The van der Waals surface area contributed by atoms with Crippen molar-refractivity contribution in [1.82, 2.24) is 10.2 Å². The van der Waals surface area contributed by atoms with Gasteiger partial charge < -0.3 is 9.84 Å². The Morgan fingerprint density at radius 1 is 1.03 bits per heavy atom. The third-order valence-electron chi connectivity index (χ3n) is 5.91. The second-order valence-electron chi connectivity index (χ2n) is 8.27. The molecular weight excluding hydrogens is 525 g/mol. The summed E-state index contributed by atoms with van der Waals surface area (Å²) in [6.45, 7) is 2.36. The molecule has 0 saturated carbocycles. The first-order valence-electron chi connectivity index (χ1n) is 11.8. The van der Waals surface area contributed by atoms with Gasteiger partial charge in [-0.2, -0.15) is 0 Å². The Labute approximate surface area is 226 Å². The summed E-state index contributed by atoms with van der Waals surface area (Å²) in [4.78, 5) is 27.9. The lowest BCUT2D eigenvalue weighted by molar-refractivity contribution is -0.132. The SMILES string of the molecule is CCOc1ccc(C2/C(=C(/O)c3ccccc3)C(=O)C(=O)N2c2nnc(SCc3ccccc3F)s2)cc1. The molecule has 3 aromatic carbocycles. The van der Waals surface area contributed by atoms with Gasteiger partial charge in [-0.1, -0.05) is 83.8 Å². The van der Waals surface area contributed by atoms with E-state index in [1.807, 2.05) is 6.92 Å². The summed E-state index contributed by atoms with van der Waals surface area (Å²) < 4.78 is 20.1. The van der Waals surface area contributed by atoms with E-state index in [1.54, 1.807) is 72.8 Å². The fourth-order valence-corrected chi connectivity index (χ4v) is 5.98. The molecule has 5 rings (SSSR count). The number of hydrogen-bond donors (Lipinski definition) is 1. The van der Waals surface area contributed by atoms with Crippen LogP contribution in [0.5, 0.6) is 5.75 Å². The first kappa shape index (κ1) is 25.6. The molecule has 1 unspecified atom stereocenters. The molecule has 7 nitrogen and oxygen atoms in total. The molecule has 38 heavy (non-hydrogen) atoms. The minimum absolute atomic E-state index is 0.0406. The van der Waals surface area contributed by atoms with Crippen LogP contribution in [0.2, 0.25) is 0 Å². The van der Waals surface area contributed by atoms with Crippen LogP contribution in [0.15, 0.2) is 88.8 Å². The van der Waals surface area contributed by atoms with E-state index in [0.717, 1.165) is 11.3 Å². The molecule has 0 spiro atoms. The Morgan fingerprint density at radius 2 is 1.74 bits per heavy atom. The monoisotopic (exact) mass is 547 g/mol. The highest BCUT2D eigenvalue weighted by molar-refractivity contribution is 8.00. The summed E-state index contributed by atoms with van der Waals surface area (Å²) in [5.74, 6) is -1.25. The predicted octanol–water partition coefficient (Wildman–Crippen LogP) is 5.99. The van der Waals surface area contributed by atoms with Crippen molar-refractivity contribution in [1.29, 1.82) is 0 Å². The van der Waals surface area contributed by atoms with Crippen LogP contribution in [0.25, 0.3) is 5.76 Å². The number of thioether (sulfide) groups is 1. The number of halogens is 1. The Morgan fingerprint density at radius 3 is 2.45 bits per heavy atom. The molecule has 1 aliphatic rings. The molecule has 0 bridgehead atoms. The number of ether oxygens (including phenoxy) is 1. The molecule has 4 aromatic rings. The molecule has 0 aliphatic carbocycles. The average molecular weight is 548 g/mol. The van der Waals surface area contributed by atoms with Crippen molar-refractivity contribution in [3.8, 4) is 5.75 Å². The van der Waals surface area contributed by atoms with Crippen molar-refractivity contribution in [3.63, 3.8) is 0 Å². The number of aliphatic hydroxyl groups is 1. The van der Waals surface area contributed by atoms with Gasteiger partial charge in [0.25, 0.3) is 5.78 Å². The summed E-state index contributed by atoms with van der Waals surface area (Å²) in [7, 11) is 0. The molecule has 1 saturated heterocycles. The number of Topliss-reactive ketones (excluding diaryl/α,β-unsaturated/α-hetero) is 1. The quantitative estimate of drug-likeness (QED) is 0.0952. The maximum Gasteiger partial charge on any atom is 0.301 e. The summed E-state index contributed by atoms with van der Waals surface area (Å²) >= 11 is 2.40. The van der Waals surface area contributed by atoms with Gasteiger partial charge in [-0.25, -0.2) is 4.39 Å². The van der Waals surface area contributed by atoms with E-state index in [0.29, 0.717) is 39.1 Å². The molecule has 1 aromatic heterocycles. The number of aliphatic hydroxyl groups excluding tert-OH is 1. The van der Waals surface area contributed by atoms with Crippen molar-refractivity contribution < 1.29 is 23.8 Å². The second kappa shape index (κ2) is 11.2. The van der Waals surface area contributed by atoms with Crippen LogP contribution >= 0.6 is 23.1 Å². The van der Waals surface area contributed by atoms with Crippen molar-refractivity contribution in [3.05, 3.63) is 107 Å². The highest BCUT2D eigenvalue weighted by Gasteiger charge is 2.48. The number of carbonyl (C=O) groups excluding carboxylic acids is 2. The number of rotatable bonds is 8. The molecule has 1 atom stereocenters. The van der Waals surface area contributed by atoms with Gasteiger partial charge in [0, 0.05) is 11.3 Å². The minimum Gasteiger partial charge on any atom is -0.507 e. The summed E-state index contributed by atoms with van der Waals surface area (Å²) in [6, 6.07) is 21.1. The van der Waals surface area contributed by atoms with Crippen molar-refractivity contribution in [2.45, 2.75) is 23.1 Å². The molecular formula is C28H22FN3O4S2. The zero-order valence-corrected chi connectivity index (χ0v) is 21.8. The molecule has 1 amide bonds. The Balaban J connectivity index is 1.53. The van der Waals surface area contributed by atoms with Crippen LogP contribution in [0.4, 0.5) is 9.52 Å². The van der Waals surface area contributed by atoms with E-state index < -0.39 is 17.7 Å². The molecule has 1 N–H and O–H groups in total. The van der Waals surface area contributed by atoms with Crippen LogP contribution in [-0.4, -0.2) is 33.6 Å². The molecule has 0 radical (unpaired) electrons. The lowest BCUT2D eigenvalue weighted by atomic mass is 9.95. The van der Waals surface area contributed by atoms with Gasteiger partial charge >= 0.3 is 5.91 Å². The van der Waals surface area contributed by atoms with E-state index in [4.69, 9.17) is 4.74 Å². The van der Waals surface area contributed by atoms with E-state index in [2.05, 4.69) is 10.2 Å². The lowest BCUT2D eigenvalue weighted by Crippen LogP contribution is -2.29. The number of hydrogen-bond acceptors (Lipinski definition) is 8. The minimum atomic E-state index is -0.928. The van der Waals surface area contributed by atoms with Crippen LogP contribution in [0.1, 0.15) is 29.7 Å². The van der Waals surface area contributed by atoms with Crippen LogP contribution < -0.4 is 9.64 Å². The van der Waals surface area contributed by atoms with Gasteiger partial charge in [-0.05, 0) is 36.2 Å². The molecule has 2 heterocycles. The highest BCUT2D eigenvalue weighted by Crippen LogP contribution is 2.44. The Kier molecular flexibility index (Phi) is 7.52. The Bertz CT molecular complexity index is 1510. The predicted molar refractivity (Wildman–Crippen MR) is 145 cm³/mol. The summed E-state index contributed by atoms with van der Waals surface area (Å²) in [6.07, 6.45) is 0. The van der Waals surface area contributed by atoms with Crippen molar-refractivity contribution in [2.24, 2.45) is 0 Å². The average Bonchev–Trinajstić information content (AvgIpc) is 3.51. The lowest BCUT2D eigenvalue weighted by Gasteiger charge is -2.22.